The van der Waals surface area contributed by atoms with E-state index in [9.17, 15) is 4.79 Å². The smallest absolute Gasteiger partial charge is 0.229 e. The van der Waals surface area contributed by atoms with Gasteiger partial charge in [-0.15, -0.1) is 11.3 Å². The maximum atomic E-state index is 12.8. The number of hydrogen-bond donors (Lipinski definition) is 0. The zero-order valence-corrected chi connectivity index (χ0v) is 14.2. The van der Waals surface area contributed by atoms with Gasteiger partial charge in [0.15, 0.2) is 17.1 Å². The lowest BCUT2D eigenvalue weighted by Crippen LogP contribution is -2.50. The third kappa shape index (κ3) is 3.24. The van der Waals surface area contributed by atoms with Crippen LogP contribution in [-0.4, -0.2) is 47.9 Å². The van der Waals surface area contributed by atoms with Gasteiger partial charge in [0.05, 0.1) is 37.6 Å². The summed E-state index contributed by atoms with van der Waals surface area (Å²) in [7, 11) is 0. The summed E-state index contributed by atoms with van der Waals surface area (Å²) >= 11 is 1.50. The van der Waals surface area contributed by atoms with Crippen LogP contribution in [-0.2, 0) is 20.7 Å². The van der Waals surface area contributed by atoms with E-state index < -0.39 is 0 Å². The zero-order chi connectivity index (χ0) is 16.4. The minimum atomic E-state index is -0.275. The van der Waals surface area contributed by atoms with E-state index in [2.05, 4.69) is 4.98 Å². The number of aromatic nitrogens is 1. The van der Waals surface area contributed by atoms with Gasteiger partial charge in [-0.05, 0) is 31.4 Å². The summed E-state index contributed by atoms with van der Waals surface area (Å²) in [6, 6.07) is 3.73. The standard InChI is InChI=1S/C17H20N2O4S/c20-15(10-12-11-24-16(18-12)14-5-3-7-21-14)19-6-2-1-4-13(19)17-22-8-9-23-17/h3,5,7,11,13,17H,1-2,4,6,8-10H2/t13-/m0/s1. The molecule has 7 heteroatoms. The Morgan fingerprint density at radius 2 is 2.21 bits per heavy atom. The van der Waals surface area contributed by atoms with E-state index in [1.54, 1.807) is 6.26 Å². The van der Waals surface area contributed by atoms with E-state index in [1.807, 2.05) is 22.4 Å². The van der Waals surface area contributed by atoms with Gasteiger partial charge in [-0.1, -0.05) is 0 Å². The lowest BCUT2D eigenvalue weighted by Gasteiger charge is -2.38. The van der Waals surface area contributed by atoms with Crippen molar-refractivity contribution in [3.8, 4) is 10.8 Å². The number of ether oxygens (including phenoxy) is 2. The molecule has 0 aliphatic carbocycles. The lowest BCUT2D eigenvalue weighted by atomic mass is 10.0. The van der Waals surface area contributed by atoms with E-state index in [4.69, 9.17) is 13.9 Å². The Kier molecular flexibility index (Phi) is 4.64. The molecule has 6 nitrogen and oxygen atoms in total. The fraction of sp³-hybridized carbons (Fsp3) is 0.529. The van der Waals surface area contributed by atoms with Crippen LogP contribution in [0.5, 0.6) is 0 Å². The van der Waals surface area contributed by atoms with Gasteiger partial charge in [0, 0.05) is 11.9 Å². The molecule has 0 unspecified atom stereocenters. The highest BCUT2D eigenvalue weighted by Crippen LogP contribution is 2.27. The highest BCUT2D eigenvalue weighted by atomic mass is 32.1. The summed E-state index contributed by atoms with van der Waals surface area (Å²) in [5.41, 5.74) is 0.786. The number of nitrogens with zero attached hydrogens (tertiary/aromatic N) is 2. The first-order valence-corrected chi connectivity index (χ1v) is 9.20. The minimum Gasteiger partial charge on any atom is -0.462 e. The maximum absolute atomic E-state index is 12.8. The molecule has 4 heterocycles. The number of thiazole rings is 1. The van der Waals surface area contributed by atoms with Crippen LogP contribution in [0.25, 0.3) is 10.8 Å². The first kappa shape index (κ1) is 15.8. The molecular weight excluding hydrogens is 328 g/mol. The molecular formula is C17H20N2O4S. The van der Waals surface area contributed by atoms with Crippen LogP contribution >= 0.6 is 11.3 Å². The molecule has 0 bridgehead atoms. The molecule has 1 atom stereocenters. The second-order valence-electron chi connectivity index (χ2n) is 6.06. The largest absolute Gasteiger partial charge is 0.462 e. The molecule has 2 aromatic rings. The van der Waals surface area contributed by atoms with Gasteiger partial charge in [0.25, 0.3) is 0 Å². The first-order chi connectivity index (χ1) is 11.8. The normalized spacial score (nSPS) is 22.2. The van der Waals surface area contributed by atoms with Crippen LogP contribution in [0.1, 0.15) is 25.0 Å². The molecule has 2 fully saturated rings. The predicted octanol–water partition coefficient (Wildman–Crippen LogP) is 2.70. The second-order valence-corrected chi connectivity index (χ2v) is 6.92. The number of hydrogen-bond acceptors (Lipinski definition) is 6. The number of carbonyl (C=O) groups excluding carboxylic acids is 1. The third-order valence-electron chi connectivity index (χ3n) is 4.45. The van der Waals surface area contributed by atoms with Crippen molar-refractivity contribution in [2.75, 3.05) is 19.8 Å². The highest BCUT2D eigenvalue weighted by molar-refractivity contribution is 7.13. The topological polar surface area (TPSA) is 64.8 Å². The fourth-order valence-corrected chi connectivity index (χ4v) is 4.09. The predicted molar refractivity (Wildman–Crippen MR) is 88.6 cm³/mol. The fourth-order valence-electron chi connectivity index (χ4n) is 3.31. The average Bonchev–Trinajstić information content (AvgIpc) is 3.36. The van der Waals surface area contributed by atoms with Crippen LogP contribution in [0.4, 0.5) is 0 Å². The molecule has 0 spiro atoms. The van der Waals surface area contributed by atoms with E-state index in [1.165, 1.54) is 11.3 Å². The van der Waals surface area contributed by atoms with Crippen molar-refractivity contribution < 1.29 is 18.7 Å². The van der Waals surface area contributed by atoms with Gasteiger partial charge >= 0.3 is 0 Å². The summed E-state index contributed by atoms with van der Waals surface area (Å²) < 4.78 is 16.6. The van der Waals surface area contributed by atoms with Crippen molar-refractivity contribution in [1.82, 2.24) is 9.88 Å². The molecule has 2 saturated heterocycles. The number of rotatable bonds is 4. The quantitative estimate of drug-likeness (QED) is 0.850. The van der Waals surface area contributed by atoms with Crippen LogP contribution in [0.2, 0.25) is 0 Å². The minimum absolute atomic E-state index is 0.0249. The van der Waals surface area contributed by atoms with Crippen molar-refractivity contribution in [3.05, 3.63) is 29.5 Å². The van der Waals surface area contributed by atoms with Crippen molar-refractivity contribution in [2.45, 2.75) is 38.0 Å². The monoisotopic (exact) mass is 348 g/mol. The summed E-state index contributed by atoms with van der Waals surface area (Å²) in [4.78, 5) is 19.2. The van der Waals surface area contributed by atoms with Gasteiger partial charge in [-0.2, -0.15) is 0 Å². The lowest BCUT2D eigenvalue weighted by molar-refractivity contribution is -0.150. The summed E-state index contributed by atoms with van der Waals surface area (Å²) in [6.07, 6.45) is 4.73. The molecule has 0 saturated carbocycles. The highest BCUT2D eigenvalue weighted by Gasteiger charge is 2.36. The van der Waals surface area contributed by atoms with Crippen LogP contribution < -0.4 is 0 Å². The van der Waals surface area contributed by atoms with Crippen molar-refractivity contribution >= 4 is 17.2 Å². The molecule has 4 rings (SSSR count). The molecule has 2 aliphatic heterocycles. The number of amides is 1. The molecule has 2 aromatic heterocycles. The van der Waals surface area contributed by atoms with Crippen LogP contribution in [0.3, 0.4) is 0 Å². The van der Waals surface area contributed by atoms with E-state index in [0.29, 0.717) is 19.6 Å². The number of piperidine rings is 1. The summed E-state index contributed by atoms with van der Waals surface area (Å²) in [6.45, 7) is 1.99. The molecule has 24 heavy (non-hydrogen) atoms. The average molecular weight is 348 g/mol. The third-order valence-corrected chi connectivity index (χ3v) is 5.35. The van der Waals surface area contributed by atoms with Crippen LogP contribution in [0.15, 0.2) is 28.2 Å². The molecule has 1 amide bonds. The van der Waals surface area contributed by atoms with Crippen LogP contribution in [0, 0.1) is 0 Å². The number of carbonyl (C=O) groups is 1. The zero-order valence-electron chi connectivity index (χ0n) is 13.3. The van der Waals surface area contributed by atoms with Crippen molar-refractivity contribution in [3.63, 3.8) is 0 Å². The summed E-state index contributed by atoms with van der Waals surface area (Å²) in [5.74, 6) is 0.831. The Labute approximate surface area is 144 Å². The molecule has 0 N–H and O–H groups in total. The number of likely N-dealkylation sites (tertiary alicyclic amines) is 1. The maximum Gasteiger partial charge on any atom is 0.229 e. The summed E-state index contributed by atoms with van der Waals surface area (Å²) in [5, 5.41) is 2.73. The molecule has 128 valence electrons. The Morgan fingerprint density at radius 1 is 1.33 bits per heavy atom. The van der Waals surface area contributed by atoms with E-state index >= 15 is 0 Å². The second kappa shape index (κ2) is 7.04. The Bertz CT molecular complexity index is 679. The van der Waals surface area contributed by atoms with Gasteiger partial charge in [-0.3, -0.25) is 4.79 Å². The van der Waals surface area contributed by atoms with E-state index in [0.717, 1.165) is 42.3 Å². The Balaban J connectivity index is 1.44. The van der Waals surface area contributed by atoms with Gasteiger partial charge < -0.3 is 18.8 Å². The van der Waals surface area contributed by atoms with Crippen molar-refractivity contribution in [2.24, 2.45) is 0 Å². The SMILES string of the molecule is O=C(Cc1csc(-c2ccco2)n1)N1CCCC[C@H]1C1OCCO1. The van der Waals surface area contributed by atoms with Gasteiger partial charge in [0.1, 0.15) is 0 Å². The first-order valence-electron chi connectivity index (χ1n) is 8.32. The Hall–Kier alpha value is -1.70. The molecule has 0 aromatic carbocycles. The Morgan fingerprint density at radius 3 is 3.00 bits per heavy atom. The van der Waals surface area contributed by atoms with Gasteiger partial charge in [0.2, 0.25) is 5.91 Å². The van der Waals surface area contributed by atoms with Gasteiger partial charge in [-0.25, -0.2) is 4.98 Å². The molecule has 2 aliphatic rings. The van der Waals surface area contributed by atoms with E-state index in [-0.39, 0.29) is 18.2 Å². The van der Waals surface area contributed by atoms with Crippen molar-refractivity contribution in [1.29, 1.82) is 0 Å². The molecule has 0 radical (unpaired) electrons. The number of furan rings is 1.